The summed E-state index contributed by atoms with van der Waals surface area (Å²) in [6, 6.07) is 1.53. The minimum absolute atomic E-state index is 0.268. The van der Waals surface area contributed by atoms with Crippen LogP contribution >= 0.6 is 0 Å². The van der Waals surface area contributed by atoms with Crippen LogP contribution < -0.4 is 5.69 Å². The van der Waals surface area contributed by atoms with Crippen LogP contribution in [0.3, 0.4) is 0 Å². The Kier molecular flexibility index (Phi) is 4.71. The molecule has 0 spiro atoms. The van der Waals surface area contributed by atoms with E-state index < -0.39 is 36.8 Å². The molecule has 9 nitrogen and oxygen atoms in total. The first-order chi connectivity index (χ1) is 11.1. The van der Waals surface area contributed by atoms with Gasteiger partial charge in [0.15, 0.2) is 12.0 Å². The summed E-state index contributed by atoms with van der Waals surface area (Å²) in [5.41, 5.74) is -0.643. The van der Waals surface area contributed by atoms with Crippen LogP contribution in [0.25, 0.3) is 0 Å². The zero-order valence-electron chi connectivity index (χ0n) is 12.5. The highest BCUT2D eigenvalue weighted by molar-refractivity contribution is 5.59. The highest BCUT2D eigenvalue weighted by Gasteiger charge is 2.43. The average Bonchev–Trinajstić information content (AvgIpc) is 3.16. The van der Waals surface area contributed by atoms with Crippen molar-refractivity contribution >= 4 is 12.2 Å². The van der Waals surface area contributed by atoms with Gasteiger partial charge in [-0.05, 0) is 18.9 Å². The van der Waals surface area contributed by atoms with Gasteiger partial charge in [0.2, 0.25) is 0 Å². The van der Waals surface area contributed by atoms with Crippen molar-refractivity contribution in [3.63, 3.8) is 0 Å². The van der Waals surface area contributed by atoms with Crippen molar-refractivity contribution < 1.29 is 20.1 Å². The molecule has 2 aliphatic heterocycles. The Morgan fingerprint density at radius 1 is 1.35 bits per heavy atom. The molecule has 0 aromatic carbocycles. The topological polar surface area (TPSA) is 120 Å². The number of rotatable bonds is 4. The van der Waals surface area contributed by atoms with Crippen molar-refractivity contribution in [2.45, 2.75) is 37.4 Å². The van der Waals surface area contributed by atoms with Crippen LogP contribution in [-0.2, 0) is 4.74 Å². The maximum atomic E-state index is 12.1. The van der Waals surface area contributed by atoms with Crippen molar-refractivity contribution in [2.24, 2.45) is 4.99 Å². The molecule has 2 unspecified atom stereocenters. The van der Waals surface area contributed by atoms with Gasteiger partial charge < -0.3 is 25.0 Å². The molecule has 2 aliphatic rings. The van der Waals surface area contributed by atoms with Gasteiger partial charge in [0.1, 0.15) is 18.3 Å². The molecular formula is C14H20N4O5. The monoisotopic (exact) mass is 324 g/mol. The van der Waals surface area contributed by atoms with E-state index in [9.17, 15) is 15.0 Å². The van der Waals surface area contributed by atoms with Crippen molar-refractivity contribution in [1.29, 1.82) is 0 Å². The molecule has 0 saturated carbocycles. The molecule has 0 radical (unpaired) electrons. The first-order valence-corrected chi connectivity index (χ1v) is 7.60. The van der Waals surface area contributed by atoms with Gasteiger partial charge in [-0.15, -0.1) is 0 Å². The number of likely N-dealkylation sites (tertiary alicyclic amines) is 1. The number of hydrogen-bond donors (Lipinski definition) is 3. The fourth-order valence-electron chi connectivity index (χ4n) is 2.78. The molecule has 2 saturated heterocycles. The summed E-state index contributed by atoms with van der Waals surface area (Å²) in [6.07, 6.45) is 0.750. The quantitative estimate of drug-likeness (QED) is 0.460. The predicted molar refractivity (Wildman–Crippen MR) is 80.5 cm³/mol. The number of ether oxygens (including phenoxy) is 1. The van der Waals surface area contributed by atoms with Crippen molar-refractivity contribution in [3.8, 4) is 0 Å². The van der Waals surface area contributed by atoms with E-state index in [-0.39, 0.29) is 5.82 Å². The van der Waals surface area contributed by atoms with E-state index in [1.54, 1.807) is 6.34 Å². The highest BCUT2D eigenvalue weighted by atomic mass is 16.6. The number of hydrogen-bond acceptors (Lipinski definition) is 7. The average molecular weight is 324 g/mol. The van der Waals surface area contributed by atoms with Crippen molar-refractivity contribution in [3.05, 3.63) is 22.7 Å². The second kappa shape index (κ2) is 6.75. The maximum Gasteiger partial charge on any atom is 0.351 e. The Morgan fingerprint density at radius 2 is 2.09 bits per heavy atom. The van der Waals surface area contributed by atoms with E-state index in [0.717, 1.165) is 30.5 Å². The van der Waals surface area contributed by atoms with Gasteiger partial charge in [0.25, 0.3) is 0 Å². The molecular weight excluding hydrogens is 304 g/mol. The first kappa shape index (κ1) is 16.1. The van der Waals surface area contributed by atoms with Gasteiger partial charge >= 0.3 is 5.69 Å². The van der Waals surface area contributed by atoms with E-state index >= 15 is 0 Å². The standard InChI is InChI=1S/C14H20N4O5/c19-7-9-11(20)12(21)13(23-9)18-6-3-10(16-14(18)22)15-8-17-4-1-2-5-17/h3,6,8-9,11-13,19-21H,1-2,4-5,7H2/t9-,11?,12?,13-/m1/s1. The van der Waals surface area contributed by atoms with Crippen LogP contribution in [0.15, 0.2) is 22.1 Å². The second-order valence-corrected chi connectivity index (χ2v) is 5.69. The Balaban J connectivity index is 1.76. The van der Waals surface area contributed by atoms with Crippen molar-refractivity contribution in [2.75, 3.05) is 19.7 Å². The number of aromatic nitrogens is 2. The second-order valence-electron chi connectivity index (χ2n) is 5.69. The number of aliphatic hydroxyl groups excluding tert-OH is 3. The van der Waals surface area contributed by atoms with E-state index in [1.165, 1.54) is 12.3 Å². The molecule has 23 heavy (non-hydrogen) atoms. The predicted octanol–water partition coefficient (Wildman–Crippen LogP) is -1.39. The summed E-state index contributed by atoms with van der Waals surface area (Å²) in [7, 11) is 0. The van der Waals surface area contributed by atoms with Gasteiger partial charge in [0, 0.05) is 19.3 Å². The lowest BCUT2D eigenvalue weighted by atomic mass is 10.1. The molecule has 9 heteroatoms. The lowest BCUT2D eigenvalue weighted by Gasteiger charge is -2.16. The SMILES string of the molecule is O=c1nc(N=CN2CCCC2)ccn1[C@@H]1O[C@H](CO)C(O)C1O. The summed E-state index contributed by atoms with van der Waals surface area (Å²) in [4.78, 5) is 22.2. The zero-order valence-corrected chi connectivity index (χ0v) is 12.5. The van der Waals surface area contributed by atoms with Gasteiger partial charge in [-0.25, -0.2) is 9.79 Å². The third-order valence-electron chi connectivity index (χ3n) is 4.10. The fourth-order valence-corrected chi connectivity index (χ4v) is 2.78. The molecule has 0 aliphatic carbocycles. The van der Waals surface area contributed by atoms with Gasteiger partial charge in [-0.2, -0.15) is 4.98 Å². The molecule has 3 N–H and O–H groups in total. The summed E-state index contributed by atoms with van der Waals surface area (Å²) in [5.74, 6) is 0.268. The molecule has 126 valence electrons. The van der Waals surface area contributed by atoms with Crippen LogP contribution in [0.1, 0.15) is 19.1 Å². The van der Waals surface area contributed by atoms with Crippen molar-refractivity contribution in [1.82, 2.24) is 14.5 Å². The normalized spacial score (nSPS) is 31.3. The number of aliphatic imine (C=N–C) groups is 1. The maximum absolute atomic E-state index is 12.1. The van der Waals surface area contributed by atoms with Gasteiger partial charge in [-0.3, -0.25) is 4.57 Å². The highest BCUT2D eigenvalue weighted by Crippen LogP contribution is 2.28. The van der Waals surface area contributed by atoms with Crippen LogP contribution in [0, 0.1) is 0 Å². The minimum Gasteiger partial charge on any atom is -0.394 e. The number of aliphatic hydroxyl groups is 3. The first-order valence-electron chi connectivity index (χ1n) is 7.60. The Labute approximate surface area is 132 Å². The van der Waals surface area contributed by atoms with Crippen LogP contribution in [0.2, 0.25) is 0 Å². The zero-order chi connectivity index (χ0) is 16.4. The Hall–Kier alpha value is -1.81. The van der Waals surface area contributed by atoms with E-state index in [0.29, 0.717) is 0 Å². The fraction of sp³-hybridized carbons (Fsp3) is 0.643. The van der Waals surface area contributed by atoms with E-state index in [1.807, 2.05) is 0 Å². The molecule has 3 heterocycles. The van der Waals surface area contributed by atoms with Gasteiger partial charge in [0.05, 0.1) is 12.9 Å². The largest absolute Gasteiger partial charge is 0.394 e. The van der Waals surface area contributed by atoms with Gasteiger partial charge in [-0.1, -0.05) is 0 Å². The summed E-state index contributed by atoms with van der Waals surface area (Å²) in [6.45, 7) is 1.45. The third-order valence-corrected chi connectivity index (χ3v) is 4.10. The molecule has 4 atom stereocenters. The third kappa shape index (κ3) is 3.27. The minimum atomic E-state index is -1.31. The van der Waals surface area contributed by atoms with Crippen LogP contribution in [-0.4, -0.2) is 74.1 Å². The number of nitrogens with zero attached hydrogens (tertiary/aromatic N) is 4. The Morgan fingerprint density at radius 3 is 2.70 bits per heavy atom. The lowest BCUT2D eigenvalue weighted by molar-refractivity contribution is -0.0549. The Bertz CT molecular complexity index is 628. The van der Waals surface area contributed by atoms with E-state index in [2.05, 4.69) is 14.9 Å². The van der Waals surface area contributed by atoms with E-state index in [4.69, 9.17) is 9.84 Å². The molecule has 3 rings (SSSR count). The van der Waals surface area contributed by atoms with Crippen LogP contribution in [0.4, 0.5) is 5.82 Å². The summed E-state index contributed by atoms with van der Waals surface area (Å²) in [5, 5.41) is 28.8. The molecule has 0 bridgehead atoms. The molecule has 2 fully saturated rings. The van der Waals surface area contributed by atoms with Crippen LogP contribution in [0.5, 0.6) is 0 Å². The molecule has 0 amide bonds. The molecule has 1 aromatic heterocycles. The smallest absolute Gasteiger partial charge is 0.351 e. The summed E-state index contributed by atoms with van der Waals surface area (Å²) >= 11 is 0. The lowest BCUT2D eigenvalue weighted by Crippen LogP contribution is -2.35. The molecule has 1 aromatic rings. The summed E-state index contributed by atoms with van der Waals surface area (Å²) < 4.78 is 6.39.